The number of hydrogen-bond donors (Lipinski definition) is 1. The van der Waals surface area contributed by atoms with Crippen molar-refractivity contribution in [3.63, 3.8) is 0 Å². The Balaban J connectivity index is 1.71. The first-order chi connectivity index (χ1) is 13.1. The number of amides is 2. The molecule has 1 N–H and O–H groups in total. The van der Waals surface area contributed by atoms with Gasteiger partial charge in [-0.3, -0.25) is 14.3 Å². The molecule has 2 aromatic rings. The van der Waals surface area contributed by atoms with Crippen molar-refractivity contribution >= 4 is 11.8 Å². The molecule has 8 heteroatoms. The van der Waals surface area contributed by atoms with Gasteiger partial charge in [-0.15, -0.1) is 0 Å². The van der Waals surface area contributed by atoms with Gasteiger partial charge in [0.15, 0.2) is 5.69 Å². The number of carbonyl (C=O) groups excluding carboxylic acids is 2. The molecule has 0 spiro atoms. The van der Waals surface area contributed by atoms with Crippen LogP contribution < -0.4 is 10.1 Å². The van der Waals surface area contributed by atoms with E-state index in [1.807, 2.05) is 19.1 Å². The minimum Gasteiger partial charge on any atom is -0.493 e. The predicted molar refractivity (Wildman–Crippen MR) is 98.8 cm³/mol. The van der Waals surface area contributed by atoms with Crippen LogP contribution in [0.15, 0.2) is 30.3 Å². The lowest BCUT2D eigenvalue weighted by Crippen LogP contribution is -2.38. The molecule has 1 aliphatic heterocycles. The van der Waals surface area contributed by atoms with Crippen molar-refractivity contribution in [1.29, 1.82) is 0 Å². The molecule has 8 nitrogen and oxygen atoms in total. The maximum Gasteiger partial charge on any atom is 0.271 e. The van der Waals surface area contributed by atoms with Crippen molar-refractivity contribution < 1.29 is 19.1 Å². The summed E-state index contributed by atoms with van der Waals surface area (Å²) in [7, 11) is 1.58. The van der Waals surface area contributed by atoms with Crippen molar-refractivity contribution in [2.24, 2.45) is 0 Å². The number of para-hydroxylation sites is 1. The normalized spacial score (nSPS) is 13.2. The predicted octanol–water partition coefficient (Wildman–Crippen LogP) is 1.31. The average molecular weight is 372 g/mol. The second kappa shape index (κ2) is 8.68. The number of fused-ring (bicyclic) bond motifs is 1. The molecular formula is C19H24N4O4. The van der Waals surface area contributed by atoms with E-state index in [2.05, 4.69) is 10.4 Å². The molecule has 2 amide bonds. The van der Waals surface area contributed by atoms with Crippen LogP contribution in [0.25, 0.3) is 0 Å². The van der Waals surface area contributed by atoms with E-state index in [1.54, 1.807) is 34.9 Å². The number of rotatable bonds is 7. The third-order valence-corrected chi connectivity index (χ3v) is 4.33. The summed E-state index contributed by atoms with van der Waals surface area (Å²) in [6.07, 6.45) is 0. The second-order valence-electron chi connectivity index (χ2n) is 6.15. The molecule has 2 heterocycles. The molecule has 1 aromatic heterocycles. The summed E-state index contributed by atoms with van der Waals surface area (Å²) >= 11 is 0. The largest absolute Gasteiger partial charge is 0.493 e. The first kappa shape index (κ1) is 18.9. The van der Waals surface area contributed by atoms with E-state index in [0.717, 1.165) is 5.69 Å². The van der Waals surface area contributed by atoms with E-state index in [9.17, 15) is 9.59 Å². The van der Waals surface area contributed by atoms with E-state index in [1.165, 1.54) is 0 Å². The van der Waals surface area contributed by atoms with Gasteiger partial charge in [-0.25, -0.2) is 0 Å². The third kappa shape index (κ3) is 4.28. The molecule has 0 saturated heterocycles. The molecule has 0 bridgehead atoms. The maximum atomic E-state index is 12.9. The first-order valence-electron chi connectivity index (χ1n) is 8.99. The molecule has 0 atom stereocenters. The lowest BCUT2D eigenvalue weighted by Gasteiger charge is -2.28. The van der Waals surface area contributed by atoms with Crippen LogP contribution in [0.1, 0.15) is 33.5 Å². The average Bonchev–Trinajstić information content (AvgIpc) is 3.12. The van der Waals surface area contributed by atoms with E-state index in [-0.39, 0.29) is 11.8 Å². The summed E-state index contributed by atoms with van der Waals surface area (Å²) in [5.74, 6) is 0.258. The fraction of sp³-hybridized carbons (Fsp3) is 0.421. The van der Waals surface area contributed by atoms with Gasteiger partial charge in [-0.05, 0) is 25.1 Å². The van der Waals surface area contributed by atoms with Gasteiger partial charge in [-0.2, -0.15) is 5.10 Å². The Morgan fingerprint density at radius 1 is 1.26 bits per heavy atom. The van der Waals surface area contributed by atoms with Crippen LogP contribution in [0, 0.1) is 0 Å². The van der Waals surface area contributed by atoms with Crippen LogP contribution in [0.5, 0.6) is 5.75 Å². The van der Waals surface area contributed by atoms with Crippen LogP contribution in [-0.4, -0.2) is 59.9 Å². The highest BCUT2D eigenvalue weighted by molar-refractivity contribution is 5.97. The highest BCUT2D eigenvalue weighted by atomic mass is 16.5. The Hall–Kier alpha value is -2.87. The summed E-state index contributed by atoms with van der Waals surface area (Å²) in [5.41, 5.74) is 1.73. The van der Waals surface area contributed by atoms with Crippen molar-refractivity contribution in [1.82, 2.24) is 20.0 Å². The summed E-state index contributed by atoms with van der Waals surface area (Å²) in [4.78, 5) is 26.8. The van der Waals surface area contributed by atoms with Crippen LogP contribution in [-0.2, 0) is 17.8 Å². The van der Waals surface area contributed by atoms with Crippen LogP contribution in [0.4, 0.5) is 0 Å². The third-order valence-electron chi connectivity index (χ3n) is 4.33. The molecule has 0 unspecified atom stereocenters. The summed E-state index contributed by atoms with van der Waals surface area (Å²) in [6, 6.07) is 8.98. The second-order valence-corrected chi connectivity index (χ2v) is 6.15. The summed E-state index contributed by atoms with van der Waals surface area (Å²) in [5, 5.41) is 7.10. The smallest absolute Gasteiger partial charge is 0.271 e. The minimum atomic E-state index is -0.242. The number of carbonyl (C=O) groups is 2. The number of ether oxygens (including phenoxy) is 2. The lowest BCUT2D eigenvalue weighted by molar-refractivity contribution is 0.0701. The SMILES string of the molecule is CCOc1ccccc1C(=O)N1CCn2nc(C(=O)NCCOC)cc2C1. The Morgan fingerprint density at radius 2 is 2.07 bits per heavy atom. The fourth-order valence-electron chi connectivity index (χ4n) is 3.00. The number of nitrogens with one attached hydrogen (secondary N) is 1. The van der Waals surface area contributed by atoms with Crippen molar-refractivity contribution in [3.05, 3.63) is 47.3 Å². The Morgan fingerprint density at radius 3 is 2.85 bits per heavy atom. The Bertz CT molecular complexity index is 818. The van der Waals surface area contributed by atoms with Gasteiger partial charge < -0.3 is 19.7 Å². The van der Waals surface area contributed by atoms with Gasteiger partial charge in [0.2, 0.25) is 0 Å². The molecule has 0 saturated carbocycles. The minimum absolute atomic E-state index is 0.0856. The van der Waals surface area contributed by atoms with Gasteiger partial charge >= 0.3 is 0 Å². The van der Waals surface area contributed by atoms with Crippen molar-refractivity contribution in [2.75, 3.05) is 33.4 Å². The molecule has 27 heavy (non-hydrogen) atoms. The van der Waals surface area contributed by atoms with Gasteiger partial charge in [0, 0.05) is 20.2 Å². The quantitative estimate of drug-likeness (QED) is 0.741. The number of methoxy groups -OCH3 is 1. The molecule has 144 valence electrons. The highest BCUT2D eigenvalue weighted by Gasteiger charge is 2.26. The molecule has 1 aliphatic rings. The van der Waals surface area contributed by atoms with Crippen molar-refractivity contribution in [2.45, 2.75) is 20.0 Å². The molecular weight excluding hydrogens is 348 g/mol. The van der Waals surface area contributed by atoms with Crippen LogP contribution >= 0.6 is 0 Å². The topological polar surface area (TPSA) is 85.7 Å². The number of nitrogens with zero attached hydrogens (tertiary/aromatic N) is 3. The lowest BCUT2D eigenvalue weighted by atomic mass is 10.1. The standard InChI is InChI=1S/C19H24N4O4/c1-3-27-17-7-5-4-6-15(17)19(25)22-9-10-23-14(13-22)12-16(21-23)18(24)20-8-11-26-2/h4-7,12H,3,8-11,13H2,1-2H3,(H,20,24). The van der Waals surface area contributed by atoms with E-state index < -0.39 is 0 Å². The van der Waals surface area contributed by atoms with Crippen LogP contribution in [0.2, 0.25) is 0 Å². The number of benzene rings is 1. The summed E-state index contributed by atoms with van der Waals surface area (Å²) in [6.45, 7) is 4.73. The monoisotopic (exact) mass is 372 g/mol. The first-order valence-corrected chi connectivity index (χ1v) is 8.99. The molecule has 0 aliphatic carbocycles. The van der Waals surface area contributed by atoms with Gasteiger partial charge in [0.05, 0.1) is 37.6 Å². The van der Waals surface area contributed by atoms with E-state index in [0.29, 0.717) is 56.4 Å². The molecule has 0 radical (unpaired) electrons. The maximum absolute atomic E-state index is 12.9. The van der Waals surface area contributed by atoms with E-state index >= 15 is 0 Å². The van der Waals surface area contributed by atoms with Crippen LogP contribution in [0.3, 0.4) is 0 Å². The fourth-order valence-corrected chi connectivity index (χ4v) is 3.00. The van der Waals surface area contributed by atoms with Gasteiger partial charge in [-0.1, -0.05) is 12.1 Å². The Kier molecular flexibility index (Phi) is 6.08. The number of aromatic nitrogens is 2. The molecule has 1 aromatic carbocycles. The van der Waals surface area contributed by atoms with Gasteiger partial charge in [0.25, 0.3) is 11.8 Å². The molecule has 3 rings (SSSR count). The summed E-state index contributed by atoms with van der Waals surface area (Å²) < 4.78 is 12.3. The van der Waals surface area contributed by atoms with E-state index in [4.69, 9.17) is 9.47 Å². The van der Waals surface area contributed by atoms with Crippen molar-refractivity contribution in [3.8, 4) is 5.75 Å². The Labute approximate surface area is 158 Å². The zero-order chi connectivity index (χ0) is 19.2. The van der Waals surface area contributed by atoms with Gasteiger partial charge in [0.1, 0.15) is 5.75 Å². The highest BCUT2D eigenvalue weighted by Crippen LogP contribution is 2.22. The number of hydrogen-bond acceptors (Lipinski definition) is 5. The zero-order valence-corrected chi connectivity index (χ0v) is 15.6. The zero-order valence-electron chi connectivity index (χ0n) is 15.6. The molecule has 0 fully saturated rings.